The number of anilines is 1. The number of nitrogens with zero attached hydrogens (tertiary/aromatic N) is 1. The van der Waals surface area contributed by atoms with Gasteiger partial charge in [-0.3, -0.25) is 0 Å². The first-order chi connectivity index (χ1) is 5.68. The zero-order valence-corrected chi connectivity index (χ0v) is 8.02. The standard InChI is InChI=1S/C11H15N/c1-8-6-10-4-5-12(3)11(10)7-9(8)2/h6-7H,4-5H2,1-3H3. The molecule has 1 aliphatic rings. The van der Waals surface area contributed by atoms with Gasteiger partial charge < -0.3 is 4.90 Å². The second kappa shape index (κ2) is 2.51. The normalized spacial score (nSPS) is 15.1. The van der Waals surface area contributed by atoms with E-state index in [0.29, 0.717) is 0 Å². The van der Waals surface area contributed by atoms with Gasteiger partial charge in [-0.15, -0.1) is 0 Å². The molecule has 0 bridgehead atoms. The Hall–Kier alpha value is -0.980. The smallest absolute Gasteiger partial charge is 0.0399 e. The lowest BCUT2D eigenvalue weighted by Gasteiger charge is -2.13. The van der Waals surface area contributed by atoms with E-state index in [4.69, 9.17) is 0 Å². The number of hydrogen-bond acceptors (Lipinski definition) is 1. The monoisotopic (exact) mass is 161 g/mol. The molecular formula is C11H15N. The molecule has 64 valence electrons. The second-order valence-electron chi connectivity index (χ2n) is 3.74. The minimum absolute atomic E-state index is 1.18. The van der Waals surface area contributed by atoms with E-state index >= 15 is 0 Å². The number of likely N-dealkylation sites (N-methyl/N-ethyl adjacent to an activating group) is 1. The lowest BCUT2D eigenvalue weighted by atomic mass is 10.0. The van der Waals surface area contributed by atoms with Gasteiger partial charge in [0, 0.05) is 19.3 Å². The Morgan fingerprint density at radius 3 is 2.58 bits per heavy atom. The molecule has 1 aliphatic heterocycles. The molecule has 1 heterocycles. The van der Waals surface area contributed by atoms with Crippen molar-refractivity contribution in [1.82, 2.24) is 0 Å². The largest absolute Gasteiger partial charge is 0.374 e. The van der Waals surface area contributed by atoms with Crippen molar-refractivity contribution in [2.24, 2.45) is 0 Å². The summed E-state index contributed by atoms with van der Waals surface area (Å²) in [5.41, 5.74) is 5.77. The SMILES string of the molecule is Cc1cc2c(cc1C)N(C)CC2. The molecule has 12 heavy (non-hydrogen) atoms. The molecule has 0 amide bonds. The average molecular weight is 161 g/mol. The van der Waals surface area contributed by atoms with Crippen LogP contribution in [-0.4, -0.2) is 13.6 Å². The van der Waals surface area contributed by atoms with Gasteiger partial charge >= 0.3 is 0 Å². The van der Waals surface area contributed by atoms with Crippen molar-refractivity contribution in [2.75, 3.05) is 18.5 Å². The highest BCUT2D eigenvalue weighted by Crippen LogP contribution is 2.29. The van der Waals surface area contributed by atoms with Crippen molar-refractivity contribution < 1.29 is 0 Å². The molecule has 0 radical (unpaired) electrons. The van der Waals surface area contributed by atoms with E-state index in [0.717, 1.165) is 0 Å². The van der Waals surface area contributed by atoms with Crippen LogP contribution in [-0.2, 0) is 6.42 Å². The molecule has 0 aromatic heterocycles. The predicted molar refractivity (Wildman–Crippen MR) is 52.9 cm³/mol. The van der Waals surface area contributed by atoms with Gasteiger partial charge in [-0.1, -0.05) is 6.07 Å². The fourth-order valence-electron chi connectivity index (χ4n) is 1.82. The summed E-state index contributed by atoms with van der Waals surface area (Å²) >= 11 is 0. The van der Waals surface area contributed by atoms with Crippen LogP contribution in [0.15, 0.2) is 12.1 Å². The number of aryl methyl sites for hydroxylation is 2. The molecule has 0 saturated carbocycles. The molecule has 0 N–H and O–H groups in total. The first kappa shape index (κ1) is 7.66. The van der Waals surface area contributed by atoms with Crippen LogP contribution >= 0.6 is 0 Å². The zero-order chi connectivity index (χ0) is 8.72. The summed E-state index contributed by atoms with van der Waals surface area (Å²) in [5, 5.41) is 0. The van der Waals surface area contributed by atoms with E-state index < -0.39 is 0 Å². The fourth-order valence-corrected chi connectivity index (χ4v) is 1.82. The Morgan fingerprint density at radius 2 is 1.83 bits per heavy atom. The van der Waals surface area contributed by atoms with Gasteiger partial charge in [0.2, 0.25) is 0 Å². The first-order valence-corrected chi connectivity index (χ1v) is 4.50. The molecule has 1 nitrogen and oxygen atoms in total. The van der Waals surface area contributed by atoms with Crippen LogP contribution < -0.4 is 4.90 Å². The summed E-state index contributed by atoms with van der Waals surface area (Å²) in [6.07, 6.45) is 1.22. The summed E-state index contributed by atoms with van der Waals surface area (Å²) in [6, 6.07) is 4.63. The van der Waals surface area contributed by atoms with E-state index in [-0.39, 0.29) is 0 Å². The predicted octanol–water partition coefficient (Wildman–Crippen LogP) is 2.30. The first-order valence-electron chi connectivity index (χ1n) is 4.50. The van der Waals surface area contributed by atoms with E-state index in [1.807, 2.05) is 0 Å². The summed E-state index contributed by atoms with van der Waals surface area (Å²) in [7, 11) is 2.17. The van der Waals surface area contributed by atoms with E-state index in [1.165, 1.54) is 35.3 Å². The number of fused-ring (bicyclic) bond motifs is 1. The topological polar surface area (TPSA) is 3.24 Å². The van der Waals surface area contributed by atoms with Crippen LogP contribution in [0.3, 0.4) is 0 Å². The Labute approximate surface area is 74.0 Å². The molecule has 0 unspecified atom stereocenters. The van der Waals surface area contributed by atoms with Gasteiger partial charge in [0.1, 0.15) is 0 Å². The van der Waals surface area contributed by atoms with Crippen LogP contribution in [0.1, 0.15) is 16.7 Å². The summed E-state index contributed by atoms with van der Waals surface area (Å²) < 4.78 is 0. The Balaban J connectivity index is 2.56. The van der Waals surface area contributed by atoms with Crippen molar-refractivity contribution >= 4 is 5.69 Å². The molecule has 0 spiro atoms. The molecule has 0 fully saturated rings. The molecule has 1 aromatic rings. The minimum atomic E-state index is 1.18. The highest BCUT2D eigenvalue weighted by atomic mass is 15.1. The van der Waals surface area contributed by atoms with Crippen molar-refractivity contribution in [3.8, 4) is 0 Å². The number of rotatable bonds is 0. The maximum Gasteiger partial charge on any atom is 0.0399 e. The van der Waals surface area contributed by atoms with Gasteiger partial charge in [-0.2, -0.15) is 0 Å². The van der Waals surface area contributed by atoms with Crippen molar-refractivity contribution in [3.63, 3.8) is 0 Å². The lowest BCUT2D eigenvalue weighted by Crippen LogP contribution is -2.12. The van der Waals surface area contributed by atoms with Gasteiger partial charge in [0.25, 0.3) is 0 Å². The van der Waals surface area contributed by atoms with Crippen LogP contribution in [0.5, 0.6) is 0 Å². The molecule has 1 aromatic carbocycles. The van der Waals surface area contributed by atoms with Gasteiger partial charge in [-0.25, -0.2) is 0 Å². The van der Waals surface area contributed by atoms with Crippen LogP contribution in [0.2, 0.25) is 0 Å². The summed E-state index contributed by atoms with van der Waals surface area (Å²) in [5.74, 6) is 0. The van der Waals surface area contributed by atoms with E-state index in [1.54, 1.807) is 0 Å². The van der Waals surface area contributed by atoms with Gasteiger partial charge in [0.05, 0.1) is 0 Å². The molecular weight excluding hydrogens is 146 g/mol. The molecule has 0 saturated heterocycles. The van der Waals surface area contributed by atoms with Crippen LogP contribution in [0, 0.1) is 13.8 Å². The van der Waals surface area contributed by atoms with Crippen molar-refractivity contribution in [3.05, 3.63) is 28.8 Å². The minimum Gasteiger partial charge on any atom is -0.374 e. The Bertz CT molecular complexity index is 315. The molecule has 1 heteroatoms. The Kier molecular flexibility index (Phi) is 1.60. The quantitative estimate of drug-likeness (QED) is 0.564. The van der Waals surface area contributed by atoms with Crippen LogP contribution in [0.4, 0.5) is 5.69 Å². The number of benzene rings is 1. The third-order valence-electron chi connectivity index (χ3n) is 2.82. The van der Waals surface area contributed by atoms with E-state index in [2.05, 4.69) is 37.9 Å². The highest BCUT2D eigenvalue weighted by molar-refractivity contribution is 5.60. The van der Waals surface area contributed by atoms with Crippen molar-refractivity contribution in [1.29, 1.82) is 0 Å². The van der Waals surface area contributed by atoms with Crippen LogP contribution in [0.25, 0.3) is 0 Å². The summed E-state index contributed by atoms with van der Waals surface area (Å²) in [6.45, 7) is 5.55. The molecule has 2 rings (SSSR count). The molecule has 0 aliphatic carbocycles. The number of hydrogen-bond donors (Lipinski definition) is 0. The zero-order valence-electron chi connectivity index (χ0n) is 8.02. The Morgan fingerprint density at radius 1 is 1.17 bits per heavy atom. The second-order valence-corrected chi connectivity index (χ2v) is 3.74. The molecule has 0 atom stereocenters. The third kappa shape index (κ3) is 1.01. The van der Waals surface area contributed by atoms with Crippen molar-refractivity contribution in [2.45, 2.75) is 20.3 Å². The third-order valence-corrected chi connectivity index (χ3v) is 2.82. The lowest BCUT2D eigenvalue weighted by molar-refractivity contribution is 0.956. The fraction of sp³-hybridized carbons (Fsp3) is 0.455. The van der Waals surface area contributed by atoms with E-state index in [9.17, 15) is 0 Å². The maximum absolute atomic E-state index is 2.34. The summed E-state index contributed by atoms with van der Waals surface area (Å²) in [4.78, 5) is 2.34. The van der Waals surface area contributed by atoms with Gasteiger partial charge in [0.15, 0.2) is 0 Å². The maximum atomic E-state index is 2.34. The van der Waals surface area contributed by atoms with Gasteiger partial charge in [-0.05, 0) is 43.0 Å². The highest BCUT2D eigenvalue weighted by Gasteiger charge is 2.15. The average Bonchev–Trinajstić information content (AvgIpc) is 2.35.